The van der Waals surface area contributed by atoms with Gasteiger partial charge >= 0.3 is 6.18 Å². The van der Waals surface area contributed by atoms with Crippen LogP contribution >= 0.6 is 0 Å². The van der Waals surface area contributed by atoms with Crippen LogP contribution in [-0.4, -0.2) is 9.97 Å². The fourth-order valence-electron chi connectivity index (χ4n) is 1.77. The van der Waals surface area contributed by atoms with Crippen LogP contribution in [0.15, 0.2) is 36.4 Å². The molecule has 0 amide bonds. The van der Waals surface area contributed by atoms with Crippen molar-refractivity contribution < 1.29 is 17.9 Å². The number of ether oxygens (including phenoxy) is 1. The average molecular weight is 280 g/mol. The van der Waals surface area contributed by atoms with Gasteiger partial charge in [-0.15, -0.1) is 0 Å². The molecule has 0 radical (unpaired) electrons. The van der Waals surface area contributed by atoms with Gasteiger partial charge in [0, 0.05) is 12.0 Å². The number of rotatable bonds is 3. The predicted molar refractivity (Wildman–Crippen MR) is 65.5 cm³/mol. The maximum absolute atomic E-state index is 12.8. The molecule has 0 bridgehead atoms. The predicted octanol–water partition coefficient (Wildman–Crippen LogP) is 4.17. The van der Waals surface area contributed by atoms with E-state index in [1.54, 1.807) is 30.3 Å². The Morgan fingerprint density at radius 3 is 2.35 bits per heavy atom. The van der Waals surface area contributed by atoms with Gasteiger partial charge in [-0.1, -0.05) is 18.2 Å². The van der Waals surface area contributed by atoms with Crippen LogP contribution in [0.2, 0.25) is 0 Å². The molecular weight excluding hydrogens is 269 g/mol. The highest BCUT2D eigenvalue weighted by Gasteiger charge is 2.36. The number of halogens is 3. The van der Waals surface area contributed by atoms with Gasteiger partial charge in [0.25, 0.3) is 0 Å². The Morgan fingerprint density at radius 2 is 1.75 bits per heavy atom. The van der Waals surface area contributed by atoms with E-state index in [0.717, 1.165) is 18.9 Å². The quantitative estimate of drug-likeness (QED) is 0.846. The minimum Gasteiger partial charge on any atom is -0.439 e. The Bertz CT molecular complexity index is 610. The van der Waals surface area contributed by atoms with Gasteiger partial charge in [-0.3, -0.25) is 0 Å². The number of para-hydroxylation sites is 1. The number of aromatic nitrogens is 2. The molecule has 1 aliphatic carbocycles. The number of hydrogen-bond donors (Lipinski definition) is 0. The molecule has 0 aliphatic heterocycles. The van der Waals surface area contributed by atoms with Crippen molar-refractivity contribution in [2.75, 3.05) is 0 Å². The number of benzene rings is 1. The van der Waals surface area contributed by atoms with E-state index in [0.29, 0.717) is 5.75 Å². The van der Waals surface area contributed by atoms with E-state index < -0.39 is 11.9 Å². The lowest BCUT2D eigenvalue weighted by Crippen LogP contribution is -2.11. The van der Waals surface area contributed by atoms with Crippen molar-refractivity contribution in [3.8, 4) is 11.6 Å². The summed E-state index contributed by atoms with van der Waals surface area (Å²) in [6.07, 6.45) is -2.85. The smallest absolute Gasteiger partial charge is 0.433 e. The van der Waals surface area contributed by atoms with Crippen molar-refractivity contribution in [1.82, 2.24) is 9.97 Å². The summed E-state index contributed by atoms with van der Waals surface area (Å²) in [5.41, 5.74) is -0.958. The van der Waals surface area contributed by atoms with Crippen LogP contribution in [0.3, 0.4) is 0 Å². The van der Waals surface area contributed by atoms with E-state index in [-0.39, 0.29) is 17.6 Å². The highest BCUT2D eigenvalue weighted by molar-refractivity contribution is 5.29. The Labute approximate surface area is 113 Å². The molecule has 20 heavy (non-hydrogen) atoms. The van der Waals surface area contributed by atoms with E-state index in [4.69, 9.17) is 4.74 Å². The zero-order chi connectivity index (χ0) is 14.2. The first kappa shape index (κ1) is 12.9. The van der Waals surface area contributed by atoms with E-state index in [1.807, 2.05) is 0 Å². The minimum absolute atomic E-state index is 0.0235. The highest BCUT2D eigenvalue weighted by atomic mass is 19.4. The third-order valence-corrected chi connectivity index (χ3v) is 2.92. The summed E-state index contributed by atoms with van der Waals surface area (Å²) in [4.78, 5) is 7.66. The van der Waals surface area contributed by atoms with Gasteiger partial charge in [0.2, 0.25) is 5.88 Å². The summed E-state index contributed by atoms with van der Waals surface area (Å²) < 4.78 is 43.9. The molecule has 1 saturated carbocycles. The maximum atomic E-state index is 12.8. The standard InChI is InChI=1S/C14H11F3N2O/c15-14(16,17)11-8-12(19-13(18-11)9-6-7-9)20-10-4-2-1-3-5-10/h1-5,8-9H,6-7H2. The first-order chi connectivity index (χ1) is 9.52. The van der Waals surface area contributed by atoms with Gasteiger partial charge in [-0.05, 0) is 25.0 Å². The number of hydrogen-bond acceptors (Lipinski definition) is 3. The SMILES string of the molecule is FC(F)(F)c1cc(Oc2ccccc2)nc(C2CC2)n1. The average Bonchev–Trinajstić information content (AvgIpc) is 3.23. The normalized spacial score (nSPS) is 15.2. The van der Waals surface area contributed by atoms with Crippen molar-refractivity contribution in [2.24, 2.45) is 0 Å². The Balaban J connectivity index is 1.95. The Morgan fingerprint density at radius 1 is 1.05 bits per heavy atom. The molecule has 1 heterocycles. The maximum Gasteiger partial charge on any atom is 0.433 e. The van der Waals surface area contributed by atoms with Crippen molar-refractivity contribution in [1.29, 1.82) is 0 Å². The molecular formula is C14H11F3N2O. The molecule has 0 N–H and O–H groups in total. The molecule has 0 atom stereocenters. The van der Waals surface area contributed by atoms with Gasteiger partial charge in [-0.2, -0.15) is 18.2 Å². The molecule has 3 nitrogen and oxygen atoms in total. The number of nitrogens with zero attached hydrogens (tertiary/aromatic N) is 2. The van der Waals surface area contributed by atoms with Crippen LogP contribution in [0.5, 0.6) is 11.6 Å². The van der Waals surface area contributed by atoms with Gasteiger partial charge in [0.1, 0.15) is 11.6 Å². The van der Waals surface area contributed by atoms with Crippen LogP contribution in [-0.2, 0) is 6.18 Å². The largest absolute Gasteiger partial charge is 0.439 e. The Hall–Kier alpha value is -2.11. The second-order valence-corrected chi connectivity index (χ2v) is 4.64. The topological polar surface area (TPSA) is 35.0 Å². The summed E-state index contributed by atoms with van der Waals surface area (Å²) in [6, 6.07) is 9.42. The van der Waals surface area contributed by atoms with E-state index in [9.17, 15) is 13.2 Å². The third kappa shape index (κ3) is 2.89. The summed E-state index contributed by atoms with van der Waals surface area (Å²) in [7, 11) is 0. The molecule has 104 valence electrons. The van der Waals surface area contributed by atoms with Crippen molar-refractivity contribution in [3.63, 3.8) is 0 Å². The van der Waals surface area contributed by atoms with E-state index in [1.165, 1.54) is 0 Å². The second kappa shape index (κ2) is 4.77. The minimum atomic E-state index is -4.50. The first-order valence-electron chi connectivity index (χ1n) is 6.21. The summed E-state index contributed by atoms with van der Waals surface area (Å²) in [6.45, 7) is 0. The lowest BCUT2D eigenvalue weighted by molar-refractivity contribution is -0.141. The van der Waals surface area contributed by atoms with Crippen LogP contribution in [0.4, 0.5) is 13.2 Å². The zero-order valence-electron chi connectivity index (χ0n) is 10.4. The lowest BCUT2D eigenvalue weighted by atomic mass is 10.3. The second-order valence-electron chi connectivity index (χ2n) is 4.64. The van der Waals surface area contributed by atoms with E-state index >= 15 is 0 Å². The molecule has 1 aliphatic rings. The van der Waals surface area contributed by atoms with Crippen molar-refractivity contribution in [2.45, 2.75) is 24.9 Å². The molecule has 6 heteroatoms. The zero-order valence-corrected chi connectivity index (χ0v) is 10.4. The fourth-order valence-corrected chi connectivity index (χ4v) is 1.77. The van der Waals surface area contributed by atoms with Gasteiger partial charge < -0.3 is 4.74 Å². The molecule has 1 aromatic heterocycles. The third-order valence-electron chi connectivity index (χ3n) is 2.92. The van der Waals surface area contributed by atoms with Crippen LogP contribution in [0, 0.1) is 0 Å². The van der Waals surface area contributed by atoms with Crippen LogP contribution < -0.4 is 4.74 Å². The molecule has 0 unspecified atom stereocenters. The van der Waals surface area contributed by atoms with Crippen molar-refractivity contribution in [3.05, 3.63) is 47.9 Å². The highest BCUT2D eigenvalue weighted by Crippen LogP contribution is 2.40. The van der Waals surface area contributed by atoms with Crippen LogP contribution in [0.25, 0.3) is 0 Å². The van der Waals surface area contributed by atoms with Gasteiger partial charge in [0.05, 0.1) is 0 Å². The molecule has 1 fully saturated rings. The molecule has 3 rings (SSSR count). The van der Waals surface area contributed by atoms with Gasteiger partial charge in [0.15, 0.2) is 5.69 Å². The summed E-state index contributed by atoms with van der Waals surface area (Å²) in [5, 5.41) is 0. The molecule has 2 aromatic rings. The molecule has 0 spiro atoms. The van der Waals surface area contributed by atoms with Crippen LogP contribution in [0.1, 0.15) is 30.3 Å². The Kier molecular flexibility index (Phi) is 3.08. The monoisotopic (exact) mass is 280 g/mol. The molecule has 1 aromatic carbocycles. The van der Waals surface area contributed by atoms with E-state index in [2.05, 4.69) is 9.97 Å². The summed E-state index contributed by atoms with van der Waals surface area (Å²) in [5.74, 6) is 0.614. The summed E-state index contributed by atoms with van der Waals surface area (Å²) >= 11 is 0. The van der Waals surface area contributed by atoms with Crippen molar-refractivity contribution >= 4 is 0 Å². The molecule has 0 saturated heterocycles. The number of alkyl halides is 3. The fraction of sp³-hybridized carbons (Fsp3) is 0.286. The lowest BCUT2D eigenvalue weighted by Gasteiger charge is -2.10. The first-order valence-corrected chi connectivity index (χ1v) is 6.21. The van der Waals surface area contributed by atoms with Gasteiger partial charge in [-0.25, -0.2) is 4.98 Å².